The van der Waals surface area contributed by atoms with Gasteiger partial charge in [0.25, 0.3) is 0 Å². The summed E-state index contributed by atoms with van der Waals surface area (Å²) in [4.78, 5) is 14.8. The average molecular weight is 309 g/mol. The second kappa shape index (κ2) is 9.14. The van der Waals surface area contributed by atoms with E-state index in [1.807, 2.05) is 41.3 Å². The van der Waals surface area contributed by atoms with Gasteiger partial charge in [-0.05, 0) is 24.0 Å². The van der Waals surface area contributed by atoms with Gasteiger partial charge in [-0.1, -0.05) is 74.5 Å². The van der Waals surface area contributed by atoms with Gasteiger partial charge in [0, 0.05) is 25.4 Å². The van der Waals surface area contributed by atoms with Gasteiger partial charge < -0.3 is 4.90 Å². The highest BCUT2D eigenvalue weighted by atomic mass is 16.2. The number of rotatable bonds is 8. The fourth-order valence-electron chi connectivity index (χ4n) is 3.00. The highest BCUT2D eigenvalue weighted by Crippen LogP contribution is 2.28. The minimum Gasteiger partial charge on any atom is -0.343 e. The van der Waals surface area contributed by atoms with Crippen LogP contribution >= 0.6 is 0 Å². The molecule has 122 valence electrons. The fourth-order valence-corrected chi connectivity index (χ4v) is 3.00. The Hall–Kier alpha value is -2.09. The van der Waals surface area contributed by atoms with E-state index in [1.165, 1.54) is 11.1 Å². The molecule has 1 amide bonds. The van der Waals surface area contributed by atoms with Crippen molar-refractivity contribution in [3.63, 3.8) is 0 Å². The molecule has 0 fully saturated rings. The number of benzene rings is 2. The predicted octanol–water partition coefficient (Wildman–Crippen LogP) is 4.86. The van der Waals surface area contributed by atoms with Crippen molar-refractivity contribution in [1.82, 2.24) is 4.90 Å². The monoisotopic (exact) mass is 309 g/mol. The highest BCUT2D eigenvalue weighted by Gasteiger charge is 2.21. The summed E-state index contributed by atoms with van der Waals surface area (Å²) < 4.78 is 0. The molecule has 0 bridgehead atoms. The molecule has 0 aliphatic rings. The summed E-state index contributed by atoms with van der Waals surface area (Å²) in [7, 11) is 0. The second-order valence-corrected chi connectivity index (χ2v) is 5.96. The molecular formula is C21H27NO. The number of hydrogen-bond acceptors (Lipinski definition) is 1. The first kappa shape index (κ1) is 17.3. The molecular weight excluding hydrogens is 282 g/mol. The molecule has 0 radical (unpaired) electrons. The Morgan fingerprint density at radius 1 is 0.826 bits per heavy atom. The number of nitrogens with zero attached hydrogens (tertiary/aromatic N) is 1. The van der Waals surface area contributed by atoms with Crippen molar-refractivity contribution in [2.45, 2.75) is 39.0 Å². The molecule has 0 saturated heterocycles. The molecule has 2 heteroatoms. The molecule has 0 saturated carbocycles. The van der Waals surface area contributed by atoms with E-state index in [-0.39, 0.29) is 11.8 Å². The minimum absolute atomic E-state index is 0.126. The van der Waals surface area contributed by atoms with Gasteiger partial charge >= 0.3 is 0 Å². The molecule has 0 aliphatic carbocycles. The van der Waals surface area contributed by atoms with Crippen molar-refractivity contribution in [1.29, 1.82) is 0 Å². The van der Waals surface area contributed by atoms with Crippen LogP contribution in [-0.4, -0.2) is 23.9 Å². The van der Waals surface area contributed by atoms with Crippen LogP contribution in [0.3, 0.4) is 0 Å². The quantitative estimate of drug-likeness (QED) is 0.682. The van der Waals surface area contributed by atoms with Crippen LogP contribution in [0.25, 0.3) is 0 Å². The fraction of sp³-hybridized carbons (Fsp3) is 0.381. The predicted molar refractivity (Wildman–Crippen MR) is 96.5 cm³/mol. The molecule has 0 heterocycles. The van der Waals surface area contributed by atoms with Crippen molar-refractivity contribution >= 4 is 5.91 Å². The van der Waals surface area contributed by atoms with Crippen LogP contribution in [0, 0.1) is 0 Å². The van der Waals surface area contributed by atoms with Crippen molar-refractivity contribution in [3.05, 3.63) is 71.8 Å². The van der Waals surface area contributed by atoms with E-state index in [4.69, 9.17) is 0 Å². The molecule has 0 N–H and O–H groups in total. The van der Waals surface area contributed by atoms with Crippen LogP contribution in [0.2, 0.25) is 0 Å². The lowest BCUT2D eigenvalue weighted by molar-refractivity contribution is -0.131. The van der Waals surface area contributed by atoms with Crippen molar-refractivity contribution in [2.75, 3.05) is 13.1 Å². The molecule has 2 aromatic rings. The Bertz CT molecular complexity index is 534. The van der Waals surface area contributed by atoms with Gasteiger partial charge in [0.15, 0.2) is 0 Å². The molecule has 2 aromatic carbocycles. The zero-order chi connectivity index (χ0) is 16.5. The summed E-state index contributed by atoms with van der Waals surface area (Å²) in [6, 6.07) is 20.7. The van der Waals surface area contributed by atoms with Crippen molar-refractivity contribution in [2.24, 2.45) is 0 Å². The van der Waals surface area contributed by atoms with E-state index in [1.54, 1.807) is 0 Å². The minimum atomic E-state index is 0.126. The molecule has 0 atom stereocenters. The van der Waals surface area contributed by atoms with Crippen LogP contribution < -0.4 is 0 Å². The molecule has 23 heavy (non-hydrogen) atoms. The van der Waals surface area contributed by atoms with Crippen molar-refractivity contribution in [3.8, 4) is 0 Å². The van der Waals surface area contributed by atoms with Crippen LogP contribution in [0.4, 0.5) is 0 Å². The van der Waals surface area contributed by atoms with E-state index < -0.39 is 0 Å². The first-order chi connectivity index (χ1) is 11.3. The molecule has 2 nitrogen and oxygen atoms in total. The SMILES string of the molecule is CCCN(CCC)C(=O)CC(c1ccccc1)c1ccccc1. The van der Waals surface area contributed by atoms with E-state index >= 15 is 0 Å². The van der Waals surface area contributed by atoms with Crippen molar-refractivity contribution < 1.29 is 4.79 Å². The summed E-state index contributed by atoms with van der Waals surface area (Å²) >= 11 is 0. The molecule has 0 spiro atoms. The number of carbonyl (C=O) groups is 1. The lowest BCUT2D eigenvalue weighted by Crippen LogP contribution is -2.33. The zero-order valence-corrected chi connectivity index (χ0v) is 14.2. The molecule has 0 aliphatic heterocycles. The lowest BCUT2D eigenvalue weighted by atomic mass is 9.88. The summed E-state index contributed by atoms with van der Waals surface area (Å²) in [5.41, 5.74) is 2.42. The third-order valence-corrected chi connectivity index (χ3v) is 4.12. The molecule has 0 unspecified atom stereocenters. The Morgan fingerprint density at radius 2 is 1.26 bits per heavy atom. The second-order valence-electron chi connectivity index (χ2n) is 5.96. The topological polar surface area (TPSA) is 20.3 Å². The molecule has 0 aromatic heterocycles. The Balaban J connectivity index is 2.23. The van der Waals surface area contributed by atoms with E-state index in [9.17, 15) is 4.79 Å². The van der Waals surface area contributed by atoms with Gasteiger partial charge in [0.2, 0.25) is 5.91 Å². The number of amides is 1. The maximum absolute atomic E-state index is 12.8. The lowest BCUT2D eigenvalue weighted by Gasteiger charge is -2.25. The van der Waals surface area contributed by atoms with E-state index in [0.29, 0.717) is 6.42 Å². The van der Waals surface area contributed by atoms with E-state index in [0.717, 1.165) is 25.9 Å². The third kappa shape index (κ3) is 4.95. The Kier molecular flexibility index (Phi) is 6.86. The van der Waals surface area contributed by atoms with Gasteiger partial charge in [-0.3, -0.25) is 4.79 Å². The average Bonchev–Trinajstić information content (AvgIpc) is 2.61. The van der Waals surface area contributed by atoms with Gasteiger partial charge in [-0.25, -0.2) is 0 Å². The molecule has 2 rings (SSSR count). The first-order valence-electron chi connectivity index (χ1n) is 8.63. The van der Waals surface area contributed by atoms with Crippen LogP contribution in [0.15, 0.2) is 60.7 Å². The van der Waals surface area contributed by atoms with Crippen LogP contribution in [0.5, 0.6) is 0 Å². The normalized spacial score (nSPS) is 10.7. The first-order valence-corrected chi connectivity index (χ1v) is 8.63. The van der Waals surface area contributed by atoms with Gasteiger partial charge in [-0.15, -0.1) is 0 Å². The summed E-state index contributed by atoms with van der Waals surface area (Å²) in [5, 5.41) is 0. The van der Waals surface area contributed by atoms with Gasteiger partial charge in [0.05, 0.1) is 0 Å². The van der Waals surface area contributed by atoms with Crippen LogP contribution in [-0.2, 0) is 4.79 Å². The zero-order valence-electron chi connectivity index (χ0n) is 14.2. The van der Waals surface area contributed by atoms with Gasteiger partial charge in [-0.2, -0.15) is 0 Å². The number of carbonyl (C=O) groups excluding carboxylic acids is 1. The largest absolute Gasteiger partial charge is 0.343 e. The standard InChI is InChI=1S/C21H27NO/c1-3-15-22(16-4-2)21(23)17-20(18-11-7-5-8-12-18)19-13-9-6-10-14-19/h5-14,20H,3-4,15-17H2,1-2H3. The highest BCUT2D eigenvalue weighted by molar-refractivity contribution is 5.77. The Morgan fingerprint density at radius 3 is 1.65 bits per heavy atom. The van der Waals surface area contributed by atoms with E-state index in [2.05, 4.69) is 38.1 Å². The smallest absolute Gasteiger partial charge is 0.223 e. The maximum Gasteiger partial charge on any atom is 0.223 e. The Labute approximate surface area is 140 Å². The summed E-state index contributed by atoms with van der Waals surface area (Å²) in [6.07, 6.45) is 2.55. The number of hydrogen-bond donors (Lipinski definition) is 0. The summed E-state index contributed by atoms with van der Waals surface area (Å²) in [5.74, 6) is 0.382. The van der Waals surface area contributed by atoms with Gasteiger partial charge in [0.1, 0.15) is 0 Å². The van der Waals surface area contributed by atoms with Crippen LogP contribution in [0.1, 0.15) is 50.2 Å². The third-order valence-electron chi connectivity index (χ3n) is 4.12. The maximum atomic E-state index is 12.8. The summed E-state index contributed by atoms with van der Waals surface area (Å²) in [6.45, 7) is 5.95.